The molecule has 5 nitrogen and oxygen atoms in total. The maximum atomic E-state index is 5.14. The van der Waals surface area contributed by atoms with Gasteiger partial charge in [0.15, 0.2) is 0 Å². The van der Waals surface area contributed by atoms with Crippen molar-refractivity contribution in [1.82, 2.24) is 9.97 Å². The summed E-state index contributed by atoms with van der Waals surface area (Å²) in [4.78, 5) is 7.29. The lowest BCUT2D eigenvalue weighted by molar-refractivity contribution is -0.0334. The SMILES string of the molecule is C1COCCO1.Nc1ncccn1. The first-order valence-corrected chi connectivity index (χ1v) is 4.07. The van der Waals surface area contributed by atoms with Crippen LogP contribution in [0.5, 0.6) is 0 Å². The lowest BCUT2D eigenvalue weighted by Gasteiger charge is -2.09. The number of nitrogen functional groups attached to an aromatic ring is 1. The van der Waals surface area contributed by atoms with Gasteiger partial charge in [0.2, 0.25) is 5.95 Å². The van der Waals surface area contributed by atoms with Crippen LogP contribution in [0.1, 0.15) is 0 Å². The summed E-state index contributed by atoms with van der Waals surface area (Å²) >= 11 is 0. The molecule has 72 valence electrons. The maximum Gasteiger partial charge on any atom is 0.219 e. The topological polar surface area (TPSA) is 70.3 Å². The highest BCUT2D eigenvalue weighted by molar-refractivity contribution is 5.11. The van der Waals surface area contributed by atoms with Crippen LogP contribution in [0.4, 0.5) is 5.95 Å². The zero-order valence-corrected chi connectivity index (χ0v) is 7.35. The lowest BCUT2D eigenvalue weighted by Crippen LogP contribution is -2.16. The highest BCUT2D eigenvalue weighted by atomic mass is 16.6. The molecule has 1 saturated heterocycles. The second-order valence-electron chi connectivity index (χ2n) is 2.33. The van der Waals surface area contributed by atoms with Crippen LogP contribution in [0.3, 0.4) is 0 Å². The van der Waals surface area contributed by atoms with Crippen LogP contribution in [0, 0.1) is 0 Å². The summed E-state index contributed by atoms with van der Waals surface area (Å²) in [6.45, 7) is 3.11. The third kappa shape index (κ3) is 5.10. The van der Waals surface area contributed by atoms with Crippen molar-refractivity contribution in [3.8, 4) is 0 Å². The third-order valence-corrected chi connectivity index (χ3v) is 1.33. The summed E-state index contributed by atoms with van der Waals surface area (Å²) in [7, 11) is 0. The number of aromatic nitrogens is 2. The number of nitrogens with zero attached hydrogens (tertiary/aromatic N) is 2. The van der Waals surface area contributed by atoms with Crippen LogP contribution in [0.2, 0.25) is 0 Å². The van der Waals surface area contributed by atoms with E-state index in [-0.39, 0.29) is 0 Å². The average Bonchev–Trinajstić information content (AvgIpc) is 2.22. The summed E-state index contributed by atoms with van der Waals surface area (Å²) in [6, 6.07) is 1.72. The number of nitrogens with two attached hydrogens (primary N) is 1. The van der Waals surface area contributed by atoms with Gasteiger partial charge in [-0.1, -0.05) is 0 Å². The average molecular weight is 183 g/mol. The van der Waals surface area contributed by atoms with Gasteiger partial charge >= 0.3 is 0 Å². The molecule has 2 N–H and O–H groups in total. The fourth-order valence-electron chi connectivity index (χ4n) is 0.750. The molecule has 1 aromatic rings. The molecule has 0 amide bonds. The van der Waals surface area contributed by atoms with E-state index < -0.39 is 0 Å². The first-order valence-electron chi connectivity index (χ1n) is 4.07. The molecule has 0 aliphatic carbocycles. The predicted octanol–water partition coefficient (Wildman–Crippen LogP) is 0.0920. The highest BCUT2D eigenvalue weighted by Gasteiger charge is 1.94. The molecule has 1 aliphatic rings. The molecule has 2 heterocycles. The third-order valence-electron chi connectivity index (χ3n) is 1.33. The summed E-state index contributed by atoms with van der Waals surface area (Å²) in [5, 5.41) is 0. The van der Waals surface area contributed by atoms with E-state index in [0.717, 1.165) is 26.4 Å². The molecule has 0 spiro atoms. The predicted molar refractivity (Wildman–Crippen MR) is 48.1 cm³/mol. The molecule has 1 aliphatic heterocycles. The molecule has 0 radical (unpaired) electrons. The molecule has 2 rings (SSSR count). The van der Waals surface area contributed by atoms with E-state index in [9.17, 15) is 0 Å². The van der Waals surface area contributed by atoms with Crippen molar-refractivity contribution in [1.29, 1.82) is 0 Å². The Morgan fingerprint density at radius 3 is 1.69 bits per heavy atom. The molecule has 0 bridgehead atoms. The summed E-state index contributed by atoms with van der Waals surface area (Å²) in [5.41, 5.74) is 5.14. The summed E-state index contributed by atoms with van der Waals surface area (Å²) in [6.07, 6.45) is 3.20. The fraction of sp³-hybridized carbons (Fsp3) is 0.500. The van der Waals surface area contributed by atoms with E-state index in [0.29, 0.717) is 5.95 Å². The number of hydrogen-bond donors (Lipinski definition) is 1. The van der Waals surface area contributed by atoms with E-state index in [1.165, 1.54) is 0 Å². The van der Waals surface area contributed by atoms with Crippen molar-refractivity contribution >= 4 is 5.95 Å². The van der Waals surface area contributed by atoms with Gasteiger partial charge < -0.3 is 15.2 Å². The Bertz CT molecular complexity index is 202. The maximum absolute atomic E-state index is 5.14. The molecule has 0 aromatic carbocycles. The van der Waals surface area contributed by atoms with Crippen LogP contribution >= 0.6 is 0 Å². The van der Waals surface area contributed by atoms with Gasteiger partial charge in [0, 0.05) is 12.4 Å². The van der Waals surface area contributed by atoms with E-state index in [1.807, 2.05) is 0 Å². The van der Waals surface area contributed by atoms with Crippen molar-refractivity contribution in [3.63, 3.8) is 0 Å². The fourth-order valence-corrected chi connectivity index (χ4v) is 0.750. The number of hydrogen-bond acceptors (Lipinski definition) is 5. The molecule has 5 heteroatoms. The van der Waals surface area contributed by atoms with E-state index >= 15 is 0 Å². The molecular weight excluding hydrogens is 170 g/mol. The second-order valence-corrected chi connectivity index (χ2v) is 2.33. The summed E-state index contributed by atoms with van der Waals surface area (Å²) in [5.74, 6) is 0.322. The monoisotopic (exact) mass is 183 g/mol. The van der Waals surface area contributed by atoms with Crippen molar-refractivity contribution in [2.45, 2.75) is 0 Å². The second kappa shape index (κ2) is 6.33. The van der Waals surface area contributed by atoms with Crippen LogP contribution in [0.25, 0.3) is 0 Å². The molecule has 0 saturated carbocycles. The largest absolute Gasteiger partial charge is 0.377 e. The molecule has 1 aromatic heterocycles. The highest BCUT2D eigenvalue weighted by Crippen LogP contribution is 1.85. The Hall–Kier alpha value is -1.20. The Balaban J connectivity index is 0.000000132. The van der Waals surface area contributed by atoms with Gasteiger partial charge in [0.25, 0.3) is 0 Å². The van der Waals surface area contributed by atoms with Crippen LogP contribution in [0.15, 0.2) is 18.5 Å². The Morgan fingerprint density at radius 2 is 1.46 bits per heavy atom. The van der Waals surface area contributed by atoms with Crippen LogP contribution in [-0.2, 0) is 9.47 Å². The quantitative estimate of drug-likeness (QED) is 0.617. The normalized spacial score (nSPS) is 15.7. The van der Waals surface area contributed by atoms with Gasteiger partial charge in [0.05, 0.1) is 26.4 Å². The van der Waals surface area contributed by atoms with Gasteiger partial charge in [-0.15, -0.1) is 0 Å². The Morgan fingerprint density at radius 1 is 1.00 bits per heavy atom. The Kier molecular flexibility index (Phi) is 4.81. The number of ether oxygens (including phenoxy) is 2. The van der Waals surface area contributed by atoms with E-state index in [4.69, 9.17) is 15.2 Å². The van der Waals surface area contributed by atoms with E-state index in [1.54, 1.807) is 18.5 Å². The van der Waals surface area contributed by atoms with Crippen molar-refractivity contribution in [3.05, 3.63) is 18.5 Å². The number of anilines is 1. The van der Waals surface area contributed by atoms with Gasteiger partial charge in [0.1, 0.15) is 0 Å². The molecule has 0 unspecified atom stereocenters. The molecular formula is C8H13N3O2. The minimum absolute atomic E-state index is 0.322. The van der Waals surface area contributed by atoms with E-state index in [2.05, 4.69) is 9.97 Å². The molecule has 13 heavy (non-hydrogen) atoms. The lowest BCUT2D eigenvalue weighted by atomic mass is 10.6. The smallest absolute Gasteiger partial charge is 0.219 e. The van der Waals surface area contributed by atoms with Gasteiger partial charge in [-0.05, 0) is 6.07 Å². The first-order chi connectivity index (χ1) is 6.39. The van der Waals surface area contributed by atoms with Crippen LogP contribution in [-0.4, -0.2) is 36.4 Å². The van der Waals surface area contributed by atoms with Crippen molar-refractivity contribution < 1.29 is 9.47 Å². The number of rotatable bonds is 0. The first kappa shape index (κ1) is 9.88. The minimum atomic E-state index is 0.322. The molecule has 1 fully saturated rings. The van der Waals surface area contributed by atoms with Gasteiger partial charge in [-0.25, -0.2) is 9.97 Å². The standard InChI is InChI=1S/C4H5N3.C4H8O2/c5-4-6-2-1-3-7-4;1-2-6-4-3-5-1/h1-3H,(H2,5,6,7);1-4H2. The Labute approximate surface area is 76.9 Å². The van der Waals surface area contributed by atoms with Gasteiger partial charge in [-0.2, -0.15) is 0 Å². The summed E-state index contributed by atoms with van der Waals surface area (Å²) < 4.78 is 9.89. The van der Waals surface area contributed by atoms with Crippen LogP contribution < -0.4 is 5.73 Å². The molecule has 0 atom stereocenters. The zero-order valence-electron chi connectivity index (χ0n) is 7.35. The minimum Gasteiger partial charge on any atom is -0.377 e. The van der Waals surface area contributed by atoms with Crippen molar-refractivity contribution in [2.24, 2.45) is 0 Å². The van der Waals surface area contributed by atoms with Gasteiger partial charge in [-0.3, -0.25) is 0 Å². The van der Waals surface area contributed by atoms with Crippen molar-refractivity contribution in [2.75, 3.05) is 32.2 Å². The zero-order chi connectivity index (χ0) is 9.36.